The fourth-order valence-electron chi connectivity index (χ4n) is 3.50. The van der Waals surface area contributed by atoms with Crippen molar-refractivity contribution in [3.05, 3.63) is 69.1 Å². The van der Waals surface area contributed by atoms with Gasteiger partial charge in [0.05, 0.1) is 17.0 Å². The molecule has 5 nitrogen and oxygen atoms in total. The number of fused-ring (bicyclic) bond motifs is 1. The number of aromatic nitrogens is 1. The Hall–Kier alpha value is -1.58. The van der Waals surface area contributed by atoms with Crippen molar-refractivity contribution in [3.63, 3.8) is 0 Å². The number of rotatable bonds is 3. The van der Waals surface area contributed by atoms with Crippen LogP contribution >= 0.6 is 0 Å². The summed E-state index contributed by atoms with van der Waals surface area (Å²) in [5.74, 6) is -3.11. The summed E-state index contributed by atoms with van der Waals surface area (Å²) >= 11 is 0. The molecule has 0 unspecified atom stereocenters. The SMILES string of the molecule is Cc1c(-c2cc(F)c(N)c(F)c2)ccn2c(=O)c(C(=O)[O-])cc(C3CC3)c12.[K+]. The maximum Gasteiger partial charge on any atom is 1.00 e. The standard InChI is InChI=1S/C20H16F2N2O3.K/c1-9-12(11-6-15(21)17(23)16(22)7-11)4-5-24-18(9)13(10-2-3-10)8-14(19(24)25)20(26)27;/h4-8,10H,2-3,23H2,1H3,(H,26,27);/q;+1/p-1. The summed E-state index contributed by atoms with van der Waals surface area (Å²) in [4.78, 5) is 23.8. The molecule has 1 aliphatic rings. The van der Waals surface area contributed by atoms with Gasteiger partial charge >= 0.3 is 51.4 Å². The molecule has 1 saturated carbocycles. The van der Waals surface area contributed by atoms with Crippen LogP contribution in [0.25, 0.3) is 16.6 Å². The monoisotopic (exact) mass is 408 g/mol. The zero-order chi connectivity index (χ0) is 19.5. The second kappa shape index (κ2) is 7.68. The number of carboxylic acid groups (broad SMARTS) is 1. The first-order chi connectivity index (χ1) is 12.8. The van der Waals surface area contributed by atoms with E-state index in [-0.39, 0.29) is 62.9 Å². The Morgan fingerprint density at radius 3 is 2.36 bits per heavy atom. The molecule has 8 heteroatoms. The molecule has 0 aliphatic heterocycles. The summed E-state index contributed by atoms with van der Waals surface area (Å²) in [6.45, 7) is 1.74. The topological polar surface area (TPSA) is 87.6 Å². The van der Waals surface area contributed by atoms with E-state index in [1.807, 2.05) is 0 Å². The average molecular weight is 408 g/mol. The van der Waals surface area contributed by atoms with Crippen molar-refractivity contribution in [2.45, 2.75) is 25.7 Å². The van der Waals surface area contributed by atoms with Crippen LogP contribution in [0.5, 0.6) is 0 Å². The fourth-order valence-corrected chi connectivity index (χ4v) is 3.50. The van der Waals surface area contributed by atoms with Crippen molar-refractivity contribution in [1.82, 2.24) is 4.40 Å². The number of halogens is 2. The van der Waals surface area contributed by atoms with Crippen LogP contribution in [-0.4, -0.2) is 10.4 Å². The van der Waals surface area contributed by atoms with Crippen LogP contribution in [0.3, 0.4) is 0 Å². The van der Waals surface area contributed by atoms with Crippen molar-refractivity contribution in [2.75, 3.05) is 5.73 Å². The number of hydrogen-bond donors (Lipinski definition) is 1. The third kappa shape index (κ3) is 3.44. The predicted octanol–water partition coefficient (Wildman–Crippen LogP) is -0.620. The van der Waals surface area contributed by atoms with Crippen LogP contribution in [-0.2, 0) is 0 Å². The zero-order valence-corrected chi connectivity index (χ0v) is 18.5. The maximum atomic E-state index is 13.9. The Kier molecular flexibility index (Phi) is 5.80. The Bertz CT molecular complexity index is 1160. The minimum absolute atomic E-state index is 0. The van der Waals surface area contributed by atoms with Crippen molar-refractivity contribution in [2.24, 2.45) is 0 Å². The van der Waals surface area contributed by atoms with Crippen LogP contribution < -0.4 is 67.8 Å². The van der Waals surface area contributed by atoms with E-state index in [0.29, 0.717) is 16.6 Å². The number of nitrogens with zero attached hydrogens (tertiary/aromatic N) is 1. The fraction of sp³-hybridized carbons (Fsp3) is 0.200. The normalized spacial score (nSPS) is 13.4. The molecule has 0 bridgehead atoms. The van der Waals surface area contributed by atoms with Gasteiger partial charge in [0.1, 0.15) is 17.3 Å². The Morgan fingerprint density at radius 1 is 1.21 bits per heavy atom. The first-order valence-electron chi connectivity index (χ1n) is 8.44. The molecular formula is C20H15F2KN2O3. The van der Waals surface area contributed by atoms with Gasteiger partial charge < -0.3 is 15.6 Å². The van der Waals surface area contributed by atoms with Gasteiger partial charge in [0.2, 0.25) is 0 Å². The van der Waals surface area contributed by atoms with Crippen molar-refractivity contribution >= 4 is 17.2 Å². The summed E-state index contributed by atoms with van der Waals surface area (Å²) in [7, 11) is 0. The Morgan fingerprint density at radius 2 is 1.82 bits per heavy atom. The van der Waals surface area contributed by atoms with E-state index in [0.717, 1.165) is 30.5 Å². The molecule has 0 radical (unpaired) electrons. The number of pyridine rings is 2. The molecule has 138 valence electrons. The molecule has 1 fully saturated rings. The molecule has 4 rings (SSSR count). The van der Waals surface area contributed by atoms with E-state index < -0.39 is 34.4 Å². The largest absolute Gasteiger partial charge is 1.00 e. The molecule has 2 aromatic heterocycles. The minimum Gasteiger partial charge on any atom is -0.545 e. The number of carboxylic acids is 1. The summed E-state index contributed by atoms with van der Waals surface area (Å²) in [5.41, 5.74) is 6.43. The van der Waals surface area contributed by atoms with Crippen LogP contribution in [0.15, 0.2) is 35.3 Å². The van der Waals surface area contributed by atoms with Gasteiger partial charge in [-0.25, -0.2) is 8.78 Å². The van der Waals surface area contributed by atoms with Gasteiger partial charge in [-0.15, -0.1) is 0 Å². The third-order valence-electron chi connectivity index (χ3n) is 5.04. The van der Waals surface area contributed by atoms with Crippen LogP contribution in [0.2, 0.25) is 0 Å². The van der Waals surface area contributed by atoms with Crippen molar-refractivity contribution in [1.29, 1.82) is 0 Å². The van der Waals surface area contributed by atoms with E-state index in [1.165, 1.54) is 22.7 Å². The summed E-state index contributed by atoms with van der Waals surface area (Å²) in [6.07, 6.45) is 3.19. The van der Waals surface area contributed by atoms with Crippen molar-refractivity contribution < 1.29 is 70.1 Å². The molecule has 28 heavy (non-hydrogen) atoms. The molecule has 3 aromatic rings. The molecule has 0 spiro atoms. The number of nitrogens with two attached hydrogens (primary N) is 1. The smallest absolute Gasteiger partial charge is 0.545 e. The molecule has 0 saturated heterocycles. The number of nitrogen functional groups attached to an aromatic ring is 1. The second-order valence-electron chi connectivity index (χ2n) is 6.81. The van der Waals surface area contributed by atoms with Gasteiger partial charge in [0.15, 0.2) is 0 Å². The van der Waals surface area contributed by atoms with Gasteiger partial charge in [-0.05, 0) is 72.2 Å². The summed E-state index contributed by atoms with van der Waals surface area (Å²) in [6, 6.07) is 5.18. The van der Waals surface area contributed by atoms with E-state index in [2.05, 4.69) is 0 Å². The van der Waals surface area contributed by atoms with Gasteiger partial charge in [-0.2, -0.15) is 0 Å². The van der Waals surface area contributed by atoms with Gasteiger partial charge in [0, 0.05) is 6.20 Å². The molecule has 2 N–H and O–H groups in total. The number of anilines is 1. The van der Waals surface area contributed by atoms with E-state index in [4.69, 9.17) is 5.73 Å². The number of carbonyl (C=O) groups is 1. The van der Waals surface area contributed by atoms with Gasteiger partial charge in [0.25, 0.3) is 5.56 Å². The Balaban J connectivity index is 0.00000225. The number of hydrogen-bond acceptors (Lipinski definition) is 4. The number of aryl methyl sites for hydroxylation is 1. The van der Waals surface area contributed by atoms with Gasteiger partial charge in [-0.3, -0.25) is 9.20 Å². The van der Waals surface area contributed by atoms with Crippen LogP contribution in [0.1, 0.15) is 40.2 Å². The zero-order valence-electron chi connectivity index (χ0n) is 15.4. The number of benzene rings is 1. The van der Waals surface area contributed by atoms with Gasteiger partial charge in [-0.1, -0.05) is 0 Å². The molecule has 0 amide bonds. The second-order valence-corrected chi connectivity index (χ2v) is 6.81. The quantitative estimate of drug-likeness (QED) is 0.462. The van der Waals surface area contributed by atoms with Crippen LogP contribution in [0, 0.1) is 18.6 Å². The molecule has 1 aliphatic carbocycles. The summed E-state index contributed by atoms with van der Waals surface area (Å²) < 4.78 is 29.1. The molecule has 2 heterocycles. The average Bonchev–Trinajstić information content (AvgIpc) is 3.45. The molecular weight excluding hydrogens is 393 g/mol. The number of aromatic carboxylic acids is 1. The van der Waals surface area contributed by atoms with E-state index in [9.17, 15) is 23.5 Å². The first kappa shape index (κ1) is 21.1. The van der Waals surface area contributed by atoms with E-state index >= 15 is 0 Å². The third-order valence-corrected chi connectivity index (χ3v) is 5.04. The minimum atomic E-state index is -1.53. The molecule has 0 atom stereocenters. The molecule has 1 aromatic carbocycles. The Labute approximate surface area is 201 Å². The summed E-state index contributed by atoms with van der Waals surface area (Å²) in [5, 5.41) is 11.3. The first-order valence-corrected chi connectivity index (χ1v) is 8.44. The predicted molar refractivity (Wildman–Crippen MR) is 94.5 cm³/mol. The van der Waals surface area contributed by atoms with E-state index in [1.54, 1.807) is 6.92 Å². The van der Waals surface area contributed by atoms with Crippen molar-refractivity contribution in [3.8, 4) is 11.1 Å². The maximum absolute atomic E-state index is 13.9. The van der Waals surface area contributed by atoms with Crippen LogP contribution in [0.4, 0.5) is 14.5 Å². The number of carbonyl (C=O) groups excluding carboxylic acids is 1.